The van der Waals surface area contributed by atoms with Gasteiger partial charge in [0.05, 0.1) is 0 Å². The van der Waals surface area contributed by atoms with E-state index in [2.05, 4.69) is 5.32 Å². The highest BCUT2D eigenvalue weighted by atomic mass is 19.1. The van der Waals surface area contributed by atoms with Crippen LogP contribution in [0.3, 0.4) is 0 Å². The molecule has 0 saturated heterocycles. The number of ether oxygens (including phenoxy) is 2. The van der Waals surface area contributed by atoms with Crippen molar-refractivity contribution in [2.45, 2.75) is 20.3 Å². The number of rotatable bonds is 9. The Morgan fingerprint density at radius 1 is 1.22 bits per heavy atom. The monoisotopic (exact) mass is 255 g/mol. The van der Waals surface area contributed by atoms with Gasteiger partial charge in [-0.25, -0.2) is 4.39 Å². The molecule has 1 rings (SSSR count). The van der Waals surface area contributed by atoms with Gasteiger partial charge in [0.2, 0.25) is 0 Å². The molecule has 0 aliphatic heterocycles. The van der Waals surface area contributed by atoms with E-state index in [1.807, 2.05) is 6.92 Å². The van der Waals surface area contributed by atoms with Gasteiger partial charge in [0.15, 0.2) is 0 Å². The predicted molar refractivity (Wildman–Crippen MR) is 70.6 cm³/mol. The minimum atomic E-state index is -0.225. The van der Waals surface area contributed by atoms with E-state index >= 15 is 0 Å². The Balaban J connectivity index is 2.05. The van der Waals surface area contributed by atoms with Crippen molar-refractivity contribution in [2.24, 2.45) is 0 Å². The molecule has 0 fully saturated rings. The second kappa shape index (κ2) is 8.89. The van der Waals surface area contributed by atoms with E-state index in [0.717, 1.165) is 32.7 Å². The van der Waals surface area contributed by atoms with Crippen molar-refractivity contribution in [1.82, 2.24) is 5.32 Å². The van der Waals surface area contributed by atoms with Crippen molar-refractivity contribution >= 4 is 0 Å². The molecule has 0 aromatic heterocycles. The SMILES string of the molecule is CCOCCCNCCOc1ccc(C)c(F)c1. The Labute approximate surface area is 108 Å². The molecule has 0 bridgehead atoms. The molecule has 0 saturated carbocycles. The van der Waals surface area contributed by atoms with Crippen LogP contribution in [0, 0.1) is 12.7 Å². The third-order valence-electron chi connectivity index (χ3n) is 2.54. The molecule has 0 atom stereocenters. The fourth-order valence-corrected chi connectivity index (χ4v) is 1.47. The van der Waals surface area contributed by atoms with Crippen LogP contribution in [-0.4, -0.2) is 32.9 Å². The summed E-state index contributed by atoms with van der Waals surface area (Å²) < 4.78 is 23.9. The minimum absolute atomic E-state index is 0.225. The van der Waals surface area contributed by atoms with Gasteiger partial charge < -0.3 is 14.8 Å². The number of aryl methyl sites for hydroxylation is 1. The molecule has 0 aliphatic rings. The molecule has 1 aromatic rings. The first-order chi connectivity index (χ1) is 8.74. The first kappa shape index (κ1) is 14.9. The molecule has 0 amide bonds. The summed E-state index contributed by atoms with van der Waals surface area (Å²) in [5.74, 6) is 0.353. The first-order valence-electron chi connectivity index (χ1n) is 6.41. The molecule has 0 radical (unpaired) electrons. The fourth-order valence-electron chi connectivity index (χ4n) is 1.47. The molecule has 102 valence electrons. The van der Waals surface area contributed by atoms with Gasteiger partial charge in [0.1, 0.15) is 18.2 Å². The maximum Gasteiger partial charge on any atom is 0.129 e. The van der Waals surface area contributed by atoms with E-state index in [9.17, 15) is 4.39 Å². The van der Waals surface area contributed by atoms with Crippen LogP contribution >= 0.6 is 0 Å². The fraction of sp³-hybridized carbons (Fsp3) is 0.571. The van der Waals surface area contributed by atoms with Gasteiger partial charge in [-0.3, -0.25) is 0 Å². The number of halogens is 1. The van der Waals surface area contributed by atoms with Crippen molar-refractivity contribution in [3.63, 3.8) is 0 Å². The van der Waals surface area contributed by atoms with Crippen LogP contribution in [0.25, 0.3) is 0 Å². The van der Waals surface area contributed by atoms with Crippen LogP contribution in [0.15, 0.2) is 18.2 Å². The number of nitrogens with one attached hydrogen (secondary N) is 1. The van der Waals surface area contributed by atoms with Gasteiger partial charge in [-0.05, 0) is 38.4 Å². The zero-order valence-corrected chi connectivity index (χ0v) is 11.2. The Hall–Kier alpha value is -1.13. The zero-order valence-electron chi connectivity index (χ0n) is 11.2. The lowest BCUT2D eigenvalue weighted by Gasteiger charge is -2.08. The normalized spacial score (nSPS) is 10.6. The Morgan fingerprint density at radius 3 is 2.78 bits per heavy atom. The minimum Gasteiger partial charge on any atom is -0.492 e. The summed E-state index contributed by atoms with van der Waals surface area (Å²) in [6.45, 7) is 7.47. The second-order valence-corrected chi connectivity index (χ2v) is 4.06. The second-order valence-electron chi connectivity index (χ2n) is 4.06. The van der Waals surface area contributed by atoms with Crippen LogP contribution in [0.4, 0.5) is 4.39 Å². The van der Waals surface area contributed by atoms with Crippen LogP contribution in [0.2, 0.25) is 0 Å². The highest BCUT2D eigenvalue weighted by Crippen LogP contribution is 2.15. The number of benzene rings is 1. The molecule has 1 aromatic carbocycles. The highest BCUT2D eigenvalue weighted by Gasteiger charge is 1.99. The van der Waals surface area contributed by atoms with Gasteiger partial charge in [-0.2, -0.15) is 0 Å². The standard InChI is InChI=1S/C14H22FNO2/c1-3-17-9-4-7-16-8-10-18-13-6-5-12(2)14(15)11-13/h5-6,11,16H,3-4,7-10H2,1-2H3. The van der Waals surface area contributed by atoms with Crippen molar-refractivity contribution in [1.29, 1.82) is 0 Å². The van der Waals surface area contributed by atoms with Crippen LogP contribution in [0.1, 0.15) is 18.9 Å². The van der Waals surface area contributed by atoms with E-state index < -0.39 is 0 Å². The summed E-state index contributed by atoms with van der Waals surface area (Å²) >= 11 is 0. The van der Waals surface area contributed by atoms with E-state index in [-0.39, 0.29) is 5.82 Å². The largest absolute Gasteiger partial charge is 0.492 e. The van der Waals surface area contributed by atoms with Crippen molar-refractivity contribution in [2.75, 3.05) is 32.9 Å². The third-order valence-corrected chi connectivity index (χ3v) is 2.54. The Bertz CT molecular complexity index is 345. The third kappa shape index (κ3) is 5.98. The van der Waals surface area contributed by atoms with Gasteiger partial charge in [-0.15, -0.1) is 0 Å². The number of hydrogen-bond donors (Lipinski definition) is 1. The van der Waals surface area contributed by atoms with Crippen molar-refractivity contribution in [3.8, 4) is 5.75 Å². The lowest BCUT2D eigenvalue weighted by Crippen LogP contribution is -2.23. The smallest absolute Gasteiger partial charge is 0.129 e. The first-order valence-corrected chi connectivity index (χ1v) is 6.41. The Kier molecular flexibility index (Phi) is 7.37. The molecule has 0 spiro atoms. The lowest BCUT2D eigenvalue weighted by atomic mass is 10.2. The summed E-state index contributed by atoms with van der Waals surface area (Å²) in [6.07, 6.45) is 0.993. The molecular formula is C14H22FNO2. The molecule has 0 heterocycles. The van der Waals surface area contributed by atoms with Crippen LogP contribution < -0.4 is 10.1 Å². The highest BCUT2D eigenvalue weighted by molar-refractivity contribution is 5.27. The van der Waals surface area contributed by atoms with Gasteiger partial charge >= 0.3 is 0 Å². The maximum absolute atomic E-state index is 13.2. The molecule has 18 heavy (non-hydrogen) atoms. The summed E-state index contributed by atoms with van der Waals surface area (Å²) in [7, 11) is 0. The average Bonchev–Trinajstić information content (AvgIpc) is 2.37. The van der Waals surface area contributed by atoms with E-state index in [4.69, 9.17) is 9.47 Å². The molecular weight excluding hydrogens is 233 g/mol. The number of hydrogen-bond acceptors (Lipinski definition) is 3. The van der Waals surface area contributed by atoms with Gasteiger partial charge in [0.25, 0.3) is 0 Å². The van der Waals surface area contributed by atoms with Gasteiger partial charge in [0, 0.05) is 25.8 Å². The van der Waals surface area contributed by atoms with Crippen LogP contribution in [0.5, 0.6) is 5.75 Å². The predicted octanol–water partition coefficient (Wildman–Crippen LogP) is 2.53. The molecule has 1 N–H and O–H groups in total. The van der Waals surface area contributed by atoms with E-state index in [1.54, 1.807) is 19.1 Å². The van der Waals surface area contributed by atoms with E-state index in [0.29, 0.717) is 17.9 Å². The summed E-state index contributed by atoms with van der Waals surface area (Å²) in [5, 5.41) is 3.24. The maximum atomic E-state index is 13.2. The van der Waals surface area contributed by atoms with Crippen molar-refractivity contribution < 1.29 is 13.9 Å². The summed E-state index contributed by atoms with van der Waals surface area (Å²) in [5.41, 5.74) is 0.636. The molecule has 0 aliphatic carbocycles. The summed E-state index contributed by atoms with van der Waals surface area (Å²) in [6, 6.07) is 4.93. The van der Waals surface area contributed by atoms with Crippen molar-refractivity contribution in [3.05, 3.63) is 29.6 Å². The molecule has 3 nitrogen and oxygen atoms in total. The summed E-state index contributed by atoms with van der Waals surface area (Å²) in [4.78, 5) is 0. The topological polar surface area (TPSA) is 30.5 Å². The van der Waals surface area contributed by atoms with Crippen LogP contribution in [-0.2, 0) is 4.74 Å². The Morgan fingerprint density at radius 2 is 2.06 bits per heavy atom. The van der Waals surface area contributed by atoms with E-state index in [1.165, 1.54) is 6.07 Å². The van der Waals surface area contributed by atoms with Gasteiger partial charge in [-0.1, -0.05) is 6.07 Å². The lowest BCUT2D eigenvalue weighted by molar-refractivity contribution is 0.144. The molecule has 0 unspecified atom stereocenters. The zero-order chi connectivity index (χ0) is 13.2. The quantitative estimate of drug-likeness (QED) is 0.688. The average molecular weight is 255 g/mol. The molecule has 4 heteroatoms.